The number of carbonyl (C=O) groups is 1. The van der Waals surface area contributed by atoms with Crippen molar-refractivity contribution in [2.24, 2.45) is 0 Å². The summed E-state index contributed by atoms with van der Waals surface area (Å²) < 4.78 is 6.10. The zero-order chi connectivity index (χ0) is 16.9. The minimum atomic E-state index is -0.235. The predicted molar refractivity (Wildman–Crippen MR) is 96.7 cm³/mol. The molecule has 8 heteroatoms. The molecule has 1 aliphatic rings. The predicted octanol–water partition coefficient (Wildman–Crippen LogP) is 2.92. The van der Waals surface area contributed by atoms with Crippen LogP contribution in [0.4, 0.5) is 5.13 Å². The first-order valence-corrected chi connectivity index (χ1v) is 9.51. The fourth-order valence-corrected chi connectivity index (χ4v) is 4.10. The van der Waals surface area contributed by atoms with Gasteiger partial charge in [-0.1, -0.05) is 41.3 Å². The Balaban J connectivity index is 1.49. The molecule has 1 amide bonds. The van der Waals surface area contributed by atoms with Crippen molar-refractivity contribution in [3.05, 3.63) is 29.8 Å². The van der Waals surface area contributed by atoms with E-state index in [0.717, 1.165) is 20.8 Å². The van der Waals surface area contributed by atoms with Crippen LogP contribution in [-0.2, 0) is 11.3 Å². The Morgan fingerprint density at radius 3 is 2.96 bits per heavy atom. The number of hydrogen-bond acceptors (Lipinski definition) is 7. The number of ether oxygens (including phenoxy) is 1. The van der Waals surface area contributed by atoms with E-state index in [1.807, 2.05) is 31.2 Å². The van der Waals surface area contributed by atoms with E-state index in [-0.39, 0.29) is 11.2 Å². The molecule has 1 unspecified atom stereocenters. The number of aromatic nitrogens is 2. The number of benzene rings is 1. The fraction of sp³-hybridized carbons (Fsp3) is 0.438. The molecule has 1 aromatic heterocycles. The van der Waals surface area contributed by atoms with Crippen molar-refractivity contribution in [1.82, 2.24) is 15.5 Å². The summed E-state index contributed by atoms with van der Waals surface area (Å²) in [5.41, 5.74) is 0.956. The van der Waals surface area contributed by atoms with Crippen LogP contribution in [0, 0.1) is 0 Å². The van der Waals surface area contributed by atoms with Gasteiger partial charge in [0.05, 0.1) is 12.4 Å². The number of amides is 1. The third-order valence-corrected chi connectivity index (χ3v) is 5.64. The average molecular weight is 364 g/mol. The molecule has 6 nitrogen and oxygen atoms in total. The second-order valence-electron chi connectivity index (χ2n) is 5.58. The molecule has 1 aromatic carbocycles. The zero-order valence-electron chi connectivity index (χ0n) is 13.6. The van der Waals surface area contributed by atoms with Crippen LogP contribution < -0.4 is 15.4 Å². The maximum absolute atomic E-state index is 12.3. The number of carbonyl (C=O) groups excluding carboxylic acids is 1. The lowest BCUT2D eigenvalue weighted by molar-refractivity contribution is -0.120. The van der Waals surface area contributed by atoms with Gasteiger partial charge in [0.1, 0.15) is 5.75 Å². The van der Waals surface area contributed by atoms with Crippen molar-refractivity contribution in [2.75, 3.05) is 12.4 Å². The second-order valence-corrected chi connectivity index (χ2v) is 8.15. The molecule has 24 heavy (non-hydrogen) atoms. The number of thioether (sulfide) groups is 1. The minimum Gasteiger partial charge on any atom is -0.496 e. The second kappa shape index (κ2) is 7.85. The summed E-state index contributed by atoms with van der Waals surface area (Å²) in [5.74, 6) is 0.746. The van der Waals surface area contributed by atoms with Gasteiger partial charge >= 0.3 is 0 Å². The van der Waals surface area contributed by atoms with Crippen molar-refractivity contribution in [2.45, 2.75) is 41.9 Å². The van der Waals surface area contributed by atoms with Gasteiger partial charge in [-0.05, 0) is 25.8 Å². The topological polar surface area (TPSA) is 76.1 Å². The highest BCUT2D eigenvalue weighted by atomic mass is 32.2. The van der Waals surface area contributed by atoms with Crippen molar-refractivity contribution in [1.29, 1.82) is 0 Å². The van der Waals surface area contributed by atoms with Gasteiger partial charge < -0.3 is 15.4 Å². The first kappa shape index (κ1) is 17.0. The molecule has 128 valence electrons. The summed E-state index contributed by atoms with van der Waals surface area (Å²) in [7, 11) is 1.63. The Labute approximate surface area is 149 Å². The van der Waals surface area contributed by atoms with E-state index in [9.17, 15) is 4.79 Å². The van der Waals surface area contributed by atoms with Crippen LogP contribution in [0.3, 0.4) is 0 Å². The molecular formula is C16H20N4O2S2. The summed E-state index contributed by atoms with van der Waals surface area (Å²) in [5, 5.41) is 15.1. The number of nitrogens with zero attached hydrogens (tertiary/aromatic N) is 2. The van der Waals surface area contributed by atoms with E-state index in [0.29, 0.717) is 12.6 Å². The number of methoxy groups -OCH3 is 1. The van der Waals surface area contributed by atoms with Gasteiger partial charge in [0, 0.05) is 18.2 Å². The van der Waals surface area contributed by atoms with Crippen LogP contribution in [0.1, 0.15) is 25.3 Å². The van der Waals surface area contributed by atoms with E-state index < -0.39 is 0 Å². The van der Waals surface area contributed by atoms with E-state index in [2.05, 4.69) is 20.8 Å². The maximum Gasteiger partial charge on any atom is 0.233 e. The molecule has 0 aliphatic heterocycles. The molecule has 0 radical (unpaired) electrons. The maximum atomic E-state index is 12.3. The number of para-hydroxylation sites is 1. The van der Waals surface area contributed by atoms with Crippen molar-refractivity contribution in [3.8, 4) is 5.75 Å². The molecular weight excluding hydrogens is 344 g/mol. The zero-order valence-corrected chi connectivity index (χ0v) is 15.2. The quantitative estimate of drug-likeness (QED) is 0.702. The van der Waals surface area contributed by atoms with Gasteiger partial charge in [-0.2, -0.15) is 0 Å². The lowest BCUT2D eigenvalue weighted by Crippen LogP contribution is -2.30. The van der Waals surface area contributed by atoms with Crippen molar-refractivity contribution in [3.63, 3.8) is 0 Å². The highest BCUT2D eigenvalue weighted by molar-refractivity contribution is 8.02. The number of nitrogens with one attached hydrogen (secondary N) is 2. The lowest BCUT2D eigenvalue weighted by Gasteiger charge is -2.12. The van der Waals surface area contributed by atoms with E-state index in [1.54, 1.807) is 7.11 Å². The highest BCUT2D eigenvalue weighted by Gasteiger charge is 2.23. The van der Waals surface area contributed by atoms with Crippen LogP contribution in [-0.4, -0.2) is 34.5 Å². The van der Waals surface area contributed by atoms with Gasteiger partial charge in [-0.25, -0.2) is 0 Å². The Kier molecular flexibility index (Phi) is 5.57. The van der Waals surface area contributed by atoms with E-state index in [1.165, 1.54) is 35.9 Å². The van der Waals surface area contributed by atoms with Crippen LogP contribution in [0.25, 0.3) is 0 Å². The lowest BCUT2D eigenvalue weighted by atomic mass is 10.2. The number of anilines is 1. The van der Waals surface area contributed by atoms with Gasteiger partial charge in [-0.15, -0.1) is 10.2 Å². The summed E-state index contributed by atoms with van der Waals surface area (Å²) in [6, 6.07) is 8.22. The monoisotopic (exact) mass is 364 g/mol. The molecule has 1 atom stereocenters. The summed E-state index contributed by atoms with van der Waals surface area (Å²) >= 11 is 2.92. The molecule has 1 saturated carbocycles. The van der Waals surface area contributed by atoms with Crippen LogP contribution in [0.2, 0.25) is 0 Å². The molecule has 0 bridgehead atoms. The third kappa shape index (κ3) is 4.61. The minimum absolute atomic E-state index is 0.0298. The fourth-order valence-electron chi connectivity index (χ4n) is 2.10. The normalized spacial score (nSPS) is 14.9. The summed E-state index contributed by atoms with van der Waals surface area (Å²) in [4.78, 5) is 12.3. The van der Waals surface area contributed by atoms with Gasteiger partial charge in [0.25, 0.3) is 0 Å². The van der Waals surface area contributed by atoms with Gasteiger partial charge in [-0.3, -0.25) is 4.79 Å². The Hall–Kier alpha value is -1.80. The van der Waals surface area contributed by atoms with Gasteiger partial charge in [0.2, 0.25) is 11.0 Å². The standard InChI is InChI=1S/C16H20N4O2S2/c1-10(23-16-20-19-15(24-16)18-12-7-8-12)14(21)17-9-11-5-3-4-6-13(11)22-2/h3-6,10,12H,7-9H2,1-2H3,(H,17,21)(H,18,19). The molecule has 1 heterocycles. The number of rotatable bonds is 8. The van der Waals surface area contributed by atoms with Crippen LogP contribution >= 0.6 is 23.1 Å². The molecule has 2 N–H and O–H groups in total. The molecule has 1 aliphatic carbocycles. The number of hydrogen-bond donors (Lipinski definition) is 2. The Morgan fingerprint density at radius 2 is 2.21 bits per heavy atom. The molecule has 3 rings (SSSR count). The average Bonchev–Trinajstić information content (AvgIpc) is 3.30. The molecule has 0 saturated heterocycles. The molecule has 0 spiro atoms. The first-order chi connectivity index (χ1) is 11.7. The third-order valence-electron chi connectivity index (χ3n) is 3.60. The van der Waals surface area contributed by atoms with Gasteiger partial charge in [0.15, 0.2) is 4.34 Å². The van der Waals surface area contributed by atoms with E-state index >= 15 is 0 Å². The molecule has 2 aromatic rings. The Morgan fingerprint density at radius 1 is 1.42 bits per heavy atom. The first-order valence-electron chi connectivity index (χ1n) is 7.82. The summed E-state index contributed by atoms with van der Waals surface area (Å²) in [6.07, 6.45) is 2.40. The molecule has 1 fully saturated rings. The van der Waals surface area contributed by atoms with Crippen molar-refractivity contribution < 1.29 is 9.53 Å². The van der Waals surface area contributed by atoms with Crippen LogP contribution in [0.15, 0.2) is 28.6 Å². The largest absolute Gasteiger partial charge is 0.496 e. The summed E-state index contributed by atoms with van der Waals surface area (Å²) in [6.45, 7) is 2.32. The van der Waals surface area contributed by atoms with E-state index in [4.69, 9.17) is 4.74 Å². The van der Waals surface area contributed by atoms with Crippen molar-refractivity contribution >= 4 is 34.1 Å². The van der Waals surface area contributed by atoms with Crippen LogP contribution in [0.5, 0.6) is 5.75 Å². The highest BCUT2D eigenvalue weighted by Crippen LogP contribution is 2.32. The Bertz CT molecular complexity index is 703. The smallest absolute Gasteiger partial charge is 0.233 e. The SMILES string of the molecule is COc1ccccc1CNC(=O)C(C)Sc1nnc(NC2CC2)s1.